The van der Waals surface area contributed by atoms with Gasteiger partial charge < -0.3 is 10.2 Å². The summed E-state index contributed by atoms with van der Waals surface area (Å²) in [5, 5.41) is 18.6. The highest BCUT2D eigenvalue weighted by Gasteiger charge is 2.39. The number of rotatable bonds is 3. The van der Waals surface area contributed by atoms with Gasteiger partial charge in [-0.2, -0.15) is 0 Å². The van der Waals surface area contributed by atoms with Crippen molar-refractivity contribution in [2.75, 3.05) is 6.61 Å². The minimum Gasteiger partial charge on any atom is -0.396 e. The molecule has 15 heavy (non-hydrogen) atoms. The number of aliphatic hydroxyl groups is 2. The van der Waals surface area contributed by atoms with Crippen LogP contribution in [0.25, 0.3) is 0 Å². The van der Waals surface area contributed by atoms with E-state index < -0.39 is 0 Å². The number of hydrogen-bond donors (Lipinski definition) is 2. The van der Waals surface area contributed by atoms with E-state index in [-0.39, 0.29) is 6.10 Å². The van der Waals surface area contributed by atoms with E-state index in [0.717, 1.165) is 24.2 Å². The average molecular weight is 212 g/mol. The highest BCUT2D eigenvalue weighted by Crippen LogP contribution is 2.48. The molecule has 2 fully saturated rings. The van der Waals surface area contributed by atoms with E-state index in [0.29, 0.717) is 12.5 Å². The van der Waals surface area contributed by atoms with Crippen LogP contribution in [0.3, 0.4) is 0 Å². The number of aliphatic hydroxyl groups excluding tert-OH is 2. The maximum absolute atomic E-state index is 9.63. The summed E-state index contributed by atoms with van der Waals surface area (Å²) < 4.78 is 0. The van der Waals surface area contributed by atoms with Crippen LogP contribution >= 0.6 is 0 Å². The average Bonchev–Trinajstić information content (AvgIpc) is 2.59. The molecule has 0 bridgehead atoms. The first-order chi connectivity index (χ1) is 7.20. The minimum absolute atomic E-state index is 0.122. The van der Waals surface area contributed by atoms with Crippen LogP contribution in [0.2, 0.25) is 0 Å². The summed E-state index contributed by atoms with van der Waals surface area (Å²) >= 11 is 0. The molecule has 2 aliphatic carbocycles. The molecule has 0 heterocycles. The van der Waals surface area contributed by atoms with Gasteiger partial charge in [-0.05, 0) is 69.1 Å². The first kappa shape index (κ1) is 11.4. The summed E-state index contributed by atoms with van der Waals surface area (Å²) in [7, 11) is 0. The second kappa shape index (κ2) is 4.84. The molecule has 0 aromatic heterocycles. The molecule has 2 heteroatoms. The molecule has 0 aliphatic heterocycles. The topological polar surface area (TPSA) is 40.5 Å². The van der Waals surface area contributed by atoms with E-state index in [9.17, 15) is 5.11 Å². The van der Waals surface area contributed by atoms with Crippen molar-refractivity contribution in [1.29, 1.82) is 0 Å². The van der Waals surface area contributed by atoms with E-state index >= 15 is 0 Å². The molecule has 2 nitrogen and oxygen atoms in total. The lowest BCUT2D eigenvalue weighted by Crippen LogP contribution is -2.27. The van der Waals surface area contributed by atoms with Gasteiger partial charge in [0.2, 0.25) is 0 Å². The van der Waals surface area contributed by atoms with Crippen LogP contribution in [0.4, 0.5) is 0 Å². The van der Waals surface area contributed by atoms with Crippen LogP contribution in [-0.2, 0) is 0 Å². The summed E-state index contributed by atoms with van der Waals surface area (Å²) in [4.78, 5) is 0. The van der Waals surface area contributed by atoms with Gasteiger partial charge in [0.25, 0.3) is 0 Å². The highest BCUT2D eigenvalue weighted by atomic mass is 16.3. The molecule has 2 N–H and O–H groups in total. The molecule has 5 atom stereocenters. The van der Waals surface area contributed by atoms with Gasteiger partial charge in [-0.1, -0.05) is 0 Å². The summed E-state index contributed by atoms with van der Waals surface area (Å²) in [6.07, 6.45) is 7.25. The Balaban J connectivity index is 1.87. The zero-order valence-electron chi connectivity index (χ0n) is 9.73. The van der Waals surface area contributed by atoms with Gasteiger partial charge in [0.1, 0.15) is 0 Å². The fourth-order valence-electron chi connectivity index (χ4n) is 3.77. The lowest BCUT2D eigenvalue weighted by molar-refractivity contribution is 0.0696. The van der Waals surface area contributed by atoms with Crippen LogP contribution in [0.15, 0.2) is 0 Å². The smallest absolute Gasteiger partial charge is 0.0540 e. The maximum Gasteiger partial charge on any atom is 0.0540 e. The van der Waals surface area contributed by atoms with Crippen molar-refractivity contribution in [2.45, 2.75) is 51.6 Å². The van der Waals surface area contributed by atoms with E-state index in [1.54, 1.807) is 0 Å². The standard InChI is InChI=1S/C13H24O2/c1-9(15)11-2-3-12-6-10(4-5-14)7-13(12)8-11/h9-15H,2-8H2,1H3. The minimum atomic E-state index is -0.122. The van der Waals surface area contributed by atoms with Crippen LogP contribution in [0, 0.1) is 23.7 Å². The SMILES string of the molecule is CC(O)C1CCC2CC(CCO)CC2C1. The number of hydrogen-bond acceptors (Lipinski definition) is 2. The lowest BCUT2D eigenvalue weighted by atomic mass is 9.74. The van der Waals surface area contributed by atoms with Crippen molar-refractivity contribution in [3.05, 3.63) is 0 Å². The van der Waals surface area contributed by atoms with Crippen molar-refractivity contribution < 1.29 is 10.2 Å². The highest BCUT2D eigenvalue weighted by molar-refractivity contribution is 4.89. The van der Waals surface area contributed by atoms with Crippen LogP contribution < -0.4 is 0 Å². The second-order valence-corrected chi connectivity index (χ2v) is 5.68. The van der Waals surface area contributed by atoms with Crippen LogP contribution in [0.1, 0.15) is 45.4 Å². The summed E-state index contributed by atoms with van der Waals surface area (Å²) in [5.74, 6) is 3.04. The third kappa shape index (κ3) is 2.54. The fourth-order valence-corrected chi connectivity index (χ4v) is 3.77. The van der Waals surface area contributed by atoms with Gasteiger partial charge in [-0.25, -0.2) is 0 Å². The predicted octanol–water partition coefficient (Wildman–Crippen LogP) is 2.19. The third-order valence-electron chi connectivity index (χ3n) is 4.67. The molecule has 2 aliphatic rings. The predicted molar refractivity (Wildman–Crippen MR) is 60.4 cm³/mol. The van der Waals surface area contributed by atoms with Crippen LogP contribution in [-0.4, -0.2) is 22.9 Å². The van der Waals surface area contributed by atoms with E-state index in [1.165, 1.54) is 32.1 Å². The Morgan fingerprint density at radius 2 is 1.87 bits per heavy atom. The Hall–Kier alpha value is -0.0800. The van der Waals surface area contributed by atoms with Gasteiger partial charge >= 0.3 is 0 Å². The molecule has 0 aromatic rings. The van der Waals surface area contributed by atoms with Gasteiger partial charge in [0.05, 0.1) is 6.10 Å². The zero-order chi connectivity index (χ0) is 10.8. The van der Waals surface area contributed by atoms with E-state index in [2.05, 4.69) is 0 Å². The largest absolute Gasteiger partial charge is 0.396 e. The van der Waals surface area contributed by atoms with Crippen molar-refractivity contribution in [2.24, 2.45) is 23.7 Å². The Morgan fingerprint density at radius 3 is 2.53 bits per heavy atom. The second-order valence-electron chi connectivity index (χ2n) is 5.68. The van der Waals surface area contributed by atoms with Gasteiger partial charge in [-0.15, -0.1) is 0 Å². The Morgan fingerprint density at radius 1 is 1.13 bits per heavy atom. The van der Waals surface area contributed by atoms with Crippen LogP contribution in [0.5, 0.6) is 0 Å². The normalized spacial score (nSPS) is 42.6. The zero-order valence-corrected chi connectivity index (χ0v) is 9.73. The molecule has 0 spiro atoms. The Kier molecular flexibility index (Phi) is 3.68. The first-order valence-corrected chi connectivity index (χ1v) is 6.49. The summed E-state index contributed by atoms with van der Waals surface area (Å²) in [5.41, 5.74) is 0. The van der Waals surface area contributed by atoms with E-state index in [1.807, 2.05) is 6.92 Å². The monoisotopic (exact) mass is 212 g/mol. The Bertz CT molecular complexity index is 203. The summed E-state index contributed by atoms with van der Waals surface area (Å²) in [6, 6.07) is 0. The molecule has 0 amide bonds. The molecular formula is C13H24O2. The summed E-state index contributed by atoms with van der Waals surface area (Å²) in [6.45, 7) is 2.29. The van der Waals surface area contributed by atoms with Gasteiger partial charge in [0, 0.05) is 6.61 Å². The van der Waals surface area contributed by atoms with Crippen molar-refractivity contribution >= 4 is 0 Å². The third-order valence-corrected chi connectivity index (χ3v) is 4.67. The molecule has 0 radical (unpaired) electrons. The fraction of sp³-hybridized carbons (Fsp3) is 1.00. The lowest BCUT2D eigenvalue weighted by Gasteiger charge is -2.33. The maximum atomic E-state index is 9.63. The van der Waals surface area contributed by atoms with Crippen molar-refractivity contribution in [1.82, 2.24) is 0 Å². The molecule has 0 saturated heterocycles. The van der Waals surface area contributed by atoms with Gasteiger partial charge in [0.15, 0.2) is 0 Å². The van der Waals surface area contributed by atoms with Crippen molar-refractivity contribution in [3.63, 3.8) is 0 Å². The molecule has 0 aromatic carbocycles. The quantitative estimate of drug-likeness (QED) is 0.753. The number of fused-ring (bicyclic) bond motifs is 1. The van der Waals surface area contributed by atoms with E-state index in [4.69, 9.17) is 5.11 Å². The van der Waals surface area contributed by atoms with Gasteiger partial charge in [-0.3, -0.25) is 0 Å². The Labute approximate surface area is 92.7 Å². The first-order valence-electron chi connectivity index (χ1n) is 6.49. The molecule has 2 rings (SSSR count). The van der Waals surface area contributed by atoms with Crippen molar-refractivity contribution in [3.8, 4) is 0 Å². The molecule has 88 valence electrons. The molecular weight excluding hydrogens is 188 g/mol. The molecule has 5 unspecified atom stereocenters. The molecule has 2 saturated carbocycles.